The summed E-state index contributed by atoms with van der Waals surface area (Å²) in [5.41, 5.74) is 2.74. The average Bonchev–Trinajstić information content (AvgIpc) is 3.23. The normalized spacial score (nSPS) is 12.9. The van der Waals surface area contributed by atoms with E-state index < -0.39 is 10.8 Å². The van der Waals surface area contributed by atoms with Gasteiger partial charge in [0.1, 0.15) is 5.01 Å². The molecule has 0 aliphatic carbocycles. The average molecular weight is 409 g/mol. The lowest BCUT2D eigenvalue weighted by atomic mass is 9.97. The van der Waals surface area contributed by atoms with Gasteiger partial charge in [-0.3, -0.25) is 14.9 Å². The molecule has 2 unspecified atom stereocenters. The highest BCUT2D eigenvalue weighted by Gasteiger charge is 2.22. The standard InChI is InChI=1S/C22H22N3O3S/c1-3-18-14-29-22(24-18)20(17-9-11-19(12-10-17)25(27)28)13-23-21(26)15(2)16-7-5-4-6-8-16/h4-12,14-15,20H,2-3,13H2,1H3,(H,23,26). The predicted octanol–water partition coefficient (Wildman–Crippen LogP) is 4.48. The van der Waals surface area contributed by atoms with E-state index in [9.17, 15) is 14.9 Å². The molecule has 0 saturated carbocycles. The summed E-state index contributed by atoms with van der Waals surface area (Å²) in [4.78, 5) is 27.8. The van der Waals surface area contributed by atoms with Gasteiger partial charge in [-0.2, -0.15) is 0 Å². The van der Waals surface area contributed by atoms with Crippen molar-refractivity contribution in [3.8, 4) is 0 Å². The van der Waals surface area contributed by atoms with Gasteiger partial charge in [-0.15, -0.1) is 11.3 Å². The molecule has 0 saturated heterocycles. The highest BCUT2D eigenvalue weighted by atomic mass is 32.1. The second kappa shape index (κ2) is 9.43. The first kappa shape index (κ1) is 20.7. The van der Waals surface area contributed by atoms with E-state index in [1.54, 1.807) is 12.1 Å². The van der Waals surface area contributed by atoms with Crippen LogP contribution in [0.15, 0.2) is 60.0 Å². The molecule has 1 amide bonds. The van der Waals surface area contributed by atoms with E-state index >= 15 is 0 Å². The van der Waals surface area contributed by atoms with Gasteiger partial charge >= 0.3 is 0 Å². The van der Waals surface area contributed by atoms with Gasteiger partial charge in [-0.1, -0.05) is 49.4 Å². The number of aryl methyl sites for hydroxylation is 1. The number of hydrogen-bond acceptors (Lipinski definition) is 5. The number of carbonyl (C=O) groups is 1. The molecule has 149 valence electrons. The number of nitro groups is 1. The topological polar surface area (TPSA) is 85.1 Å². The molecule has 0 bridgehead atoms. The van der Waals surface area contributed by atoms with Gasteiger partial charge in [-0.25, -0.2) is 4.98 Å². The molecular weight excluding hydrogens is 386 g/mol. The number of benzene rings is 2. The van der Waals surface area contributed by atoms with Crippen molar-refractivity contribution in [3.05, 3.63) is 98.8 Å². The number of rotatable bonds is 8. The molecule has 1 N–H and O–H groups in total. The van der Waals surface area contributed by atoms with Gasteiger partial charge in [0.2, 0.25) is 5.91 Å². The van der Waals surface area contributed by atoms with Crippen LogP contribution < -0.4 is 5.32 Å². The van der Waals surface area contributed by atoms with Crippen LogP contribution in [0, 0.1) is 17.0 Å². The van der Waals surface area contributed by atoms with Gasteiger partial charge in [0, 0.05) is 24.1 Å². The van der Waals surface area contributed by atoms with Crippen LogP contribution in [0.4, 0.5) is 5.69 Å². The lowest BCUT2D eigenvalue weighted by Crippen LogP contribution is -2.32. The quantitative estimate of drug-likeness (QED) is 0.440. The number of thiazole rings is 1. The summed E-state index contributed by atoms with van der Waals surface area (Å²) in [7, 11) is 0. The van der Waals surface area contributed by atoms with Crippen LogP contribution in [0.2, 0.25) is 0 Å². The third kappa shape index (κ3) is 5.06. The maximum atomic E-state index is 12.6. The minimum absolute atomic E-state index is 0.0341. The molecule has 6 nitrogen and oxygen atoms in total. The smallest absolute Gasteiger partial charge is 0.269 e. The van der Waals surface area contributed by atoms with E-state index in [1.165, 1.54) is 23.5 Å². The molecule has 2 atom stereocenters. The SMILES string of the molecule is [CH2]C(C(=O)NCC(c1ccc([N+](=O)[O-])cc1)c1nc(CC)cs1)c1ccccc1. The first-order chi connectivity index (χ1) is 14.0. The van der Waals surface area contributed by atoms with Crippen LogP contribution in [0.5, 0.6) is 0 Å². The molecular formula is C22H22N3O3S. The molecule has 0 spiro atoms. The Hall–Kier alpha value is -3.06. The number of amides is 1. The summed E-state index contributed by atoms with van der Waals surface area (Å²) in [5, 5.41) is 16.8. The van der Waals surface area contributed by atoms with E-state index in [4.69, 9.17) is 0 Å². The maximum Gasteiger partial charge on any atom is 0.269 e. The molecule has 0 fully saturated rings. The molecule has 0 aliphatic rings. The summed E-state index contributed by atoms with van der Waals surface area (Å²) in [6, 6.07) is 15.8. The van der Waals surface area contributed by atoms with Crippen LogP contribution >= 0.6 is 11.3 Å². The Labute approximate surface area is 173 Å². The molecule has 2 aromatic carbocycles. The Kier molecular flexibility index (Phi) is 6.72. The second-order valence-electron chi connectivity index (χ2n) is 6.64. The molecule has 29 heavy (non-hydrogen) atoms. The number of nitro benzene ring substituents is 1. The van der Waals surface area contributed by atoms with E-state index in [2.05, 4.69) is 17.2 Å². The number of hydrogen-bond donors (Lipinski definition) is 1. The lowest BCUT2D eigenvalue weighted by Gasteiger charge is -2.18. The van der Waals surface area contributed by atoms with Crippen molar-refractivity contribution >= 4 is 22.9 Å². The molecule has 1 heterocycles. The molecule has 3 aromatic rings. The van der Waals surface area contributed by atoms with Crippen LogP contribution in [0.3, 0.4) is 0 Å². The minimum Gasteiger partial charge on any atom is -0.355 e. The van der Waals surface area contributed by atoms with Crippen molar-refractivity contribution in [2.75, 3.05) is 6.54 Å². The lowest BCUT2D eigenvalue weighted by molar-refractivity contribution is -0.384. The molecule has 1 aromatic heterocycles. The third-order valence-electron chi connectivity index (χ3n) is 4.73. The van der Waals surface area contributed by atoms with Crippen molar-refractivity contribution in [1.82, 2.24) is 10.3 Å². The van der Waals surface area contributed by atoms with Gasteiger partial charge < -0.3 is 5.32 Å². The Morgan fingerprint density at radius 3 is 2.45 bits per heavy atom. The first-order valence-electron chi connectivity index (χ1n) is 9.34. The van der Waals surface area contributed by atoms with Crippen LogP contribution in [-0.2, 0) is 11.2 Å². The fourth-order valence-corrected chi connectivity index (χ4v) is 4.01. The van der Waals surface area contributed by atoms with Crippen molar-refractivity contribution in [2.24, 2.45) is 0 Å². The summed E-state index contributed by atoms with van der Waals surface area (Å²) >= 11 is 1.53. The zero-order valence-corrected chi connectivity index (χ0v) is 16.9. The van der Waals surface area contributed by atoms with Crippen LogP contribution in [-0.4, -0.2) is 22.4 Å². The van der Waals surface area contributed by atoms with E-state index in [0.717, 1.165) is 28.2 Å². The summed E-state index contributed by atoms with van der Waals surface area (Å²) < 4.78 is 0. The van der Waals surface area contributed by atoms with Crippen molar-refractivity contribution in [2.45, 2.75) is 25.2 Å². The van der Waals surface area contributed by atoms with Crippen LogP contribution in [0.25, 0.3) is 0 Å². The highest BCUT2D eigenvalue weighted by Crippen LogP contribution is 2.29. The summed E-state index contributed by atoms with van der Waals surface area (Å²) in [5.74, 6) is -0.875. The Balaban J connectivity index is 1.79. The Morgan fingerprint density at radius 1 is 1.17 bits per heavy atom. The monoisotopic (exact) mass is 408 g/mol. The highest BCUT2D eigenvalue weighted by molar-refractivity contribution is 7.09. The molecule has 3 rings (SSSR count). The largest absolute Gasteiger partial charge is 0.355 e. The number of carbonyl (C=O) groups excluding carboxylic acids is 1. The molecule has 7 heteroatoms. The van der Waals surface area contributed by atoms with E-state index in [0.29, 0.717) is 6.54 Å². The van der Waals surface area contributed by atoms with Crippen molar-refractivity contribution in [1.29, 1.82) is 0 Å². The first-order valence-corrected chi connectivity index (χ1v) is 10.2. The van der Waals surface area contributed by atoms with Gasteiger partial charge in [-0.05, 0) is 24.5 Å². The number of non-ortho nitro benzene ring substituents is 1. The van der Waals surface area contributed by atoms with Crippen molar-refractivity contribution in [3.63, 3.8) is 0 Å². The third-order valence-corrected chi connectivity index (χ3v) is 5.74. The fourth-order valence-electron chi connectivity index (χ4n) is 2.98. The predicted molar refractivity (Wildman–Crippen MR) is 114 cm³/mol. The number of nitrogens with one attached hydrogen (secondary N) is 1. The second-order valence-corrected chi connectivity index (χ2v) is 7.53. The Morgan fingerprint density at radius 2 is 1.86 bits per heavy atom. The zero-order chi connectivity index (χ0) is 20.8. The summed E-state index contributed by atoms with van der Waals surface area (Å²) in [6.07, 6.45) is 0.824. The maximum absolute atomic E-state index is 12.6. The minimum atomic E-state index is -0.517. The Bertz CT molecular complexity index is 970. The van der Waals surface area contributed by atoms with Gasteiger partial charge in [0.25, 0.3) is 5.69 Å². The van der Waals surface area contributed by atoms with Gasteiger partial charge in [0.15, 0.2) is 0 Å². The number of nitrogens with zero attached hydrogens (tertiary/aromatic N) is 2. The zero-order valence-electron chi connectivity index (χ0n) is 16.1. The van der Waals surface area contributed by atoms with Crippen molar-refractivity contribution < 1.29 is 9.72 Å². The number of aromatic nitrogens is 1. The van der Waals surface area contributed by atoms with Gasteiger partial charge in [0.05, 0.1) is 22.5 Å². The summed E-state index contributed by atoms with van der Waals surface area (Å²) in [6.45, 7) is 6.36. The molecule has 1 radical (unpaired) electrons. The van der Waals surface area contributed by atoms with E-state index in [1.807, 2.05) is 42.6 Å². The van der Waals surface area contributed by atoms with E-state index in [-0.39, 0.29) is 17.5 Å². The fraction of sp³-hybridized carbons (Fsp3) is 0.227. The molecule has 0 aliphatic heterocycles. The van der Waals surface area contributed by atoms with Crippen LogP contribution in [0.1, 0.15) is 40.6 Å².